The third-order valence-corrected chi connectivity index (χ3v) is 4.75. The van der Waals surface area contributed by atoms with Crippen molar-refractivity contribution in [3.05, 3.63) is 53.1 Å². The Morgan fingerprint density at radius 3 is 2.32 bits per heavy atom. The number of phenols is 1. The summed E-state index contributed by atoms with van der Waals surface area (Å²) in [5.41, 5.74) is -0.298. The average Bonchev–Trinajstić information content (AvgIpc) is 2.64. The van der Waals surface area contributed by atoms with Gasteiger partial charge in [-0.15, -0.1) is 0 Å². The van der Waals surface area contributed by atoms with Crippen molar-refractivity contribution in [1.82, 2.24) is 4.90 Å². The number of alkyl halides is 3. The fraction of sp³-hybridized carbons (Fsp3) is 0.316. The van der Waals surface area contributed by atoms with Gasteiger partial charge in [-0.1, -0.05) is 11.6 Å². The second kappa shape index (κ2) is 8.28. The van der Waals surface area contributed by atoms with Crippen molar-refractivity contribution < 1.29 is 23.1 Å². The third kappa shape index (κ3) is 5.08. The lowest BCUT2D eigenvalue weighted by Crippen LogP contribution is -2.48. The number of piperazine rings is 1. The number of phenolic OH excluding ortho intramolecular Hbond substituents is 1. The predicted molar refractivity (Wildman–Crippen MR) is 102 cm³/mol. The number of hydrogen-bond donors (Lipinski definition) is 2. The van der Waals surface area contributed by atoms with Crippen LogP contribution >= 0.6 is 11.6 Å². The summed E-state index contributed by atoms with van der Waals surface area (Å²) in [7, 11) is 0. The molecule has 2 N–H and O–H groups in total. The van der Waals surface area contributed by atoms with E-state index in [1.165, 1.54) is 6.07 Å². The van der Waals surface area contributed by atoms with E-state index >= 15 is 0 Å². The zero-order valence-corrected chi connectivity index (χ0v) is 15.6. The summed E-state index contributed by atoms with van der Waals surface area (Å²) in [5, 5.41) is 11.6. The van der Waals surface area contributed by atoms with E-state index in [1.54, 1.807) is 12.1 Å². The first-order chi connectivity index (χ1) is 13.2. The summed E-state index contributed by atoms with van der Waals surface area (Å²) in [4.78, 5) is 16.2. The normalized spacial score (nSPS) is 15.5. The molecular weight excluding hydrogens is 395 g/mol. The highest BCUT2D eigenvalue weighted by atomic mass is 35.5. The minimum Gasteiger partial charge on any atom is -0.508 e. The molecule has 1 saturated heterocycles. The Morgan fingerprint density at radius 2 is 1.71 bits per heavy atom. The Balaban J connectivity index is 1.56. The molecule has 2 aromatic rings. The van der Waals surface area contributed by atoms with Crippen molar-refractivity contribution in [1.29, 1.82) is 0 Å². The second-order valence-electron chi connectivity index (χ2n) is 6.52. The van der Waals surface area contributed by atoms with Crippen molar-refractivity contribution in [2.75, 3.05) is 42.9 Å². The molecule has 0 radical (unpaired) electrons. The van der Waals surface area contributed by atoms with Crippen LogP contribution in [-0.2, 0) is 11.0 Å². The van der Waals surface area contributed by atoms with E-state index in [2.05, 4.69) is 10.2 Å². The number of nitrogens with one attached hydrogen (secondary N) is 1. The molecule has 0 bridgehead atoms. The van der Waals surface area contributed by atoms with Crippen molar-refractivity contribution in [3.63, 3.8) is 0 Å². The number of benzene rings is 2. The van der Waals surface area contributed by atoms with Crippen molar-refractivity contribution in [2.24, 2.45) is 0 Å². The highest BCUT2D eigenvalue weighted by molar-refractivity contribution is 6.30. The van der Waals surface area contributed by atoms with E-state index in [0.717, 1.165) is 17.8 Å². The van der Waals surface area contributed by atoms with Crippen LogP contribution in [-0.4, -0.2) is 48.6 Å². The molecule has 1 fully saturated rings. The van der Waals surface area contributed by atoms with Gasteiger partial charge in [0.25, 0.3) is 0 Å². The van der Waals surface area contributed by atoms with Crippen molar-refractivity contribution in [3.8, 4) is 5.75 Å². The van der Waals surface area contributed by atoms with E-state index in [0.29, 0.717) is 26.2 Å². The monoisotopic (exact) mass is 413 g/mol. The van der Waals surface area contributed by atoms with E-state index in [9.17, 15) is 23.1 Å². The van der Waals surface area contributed by atoms with Crippen LogP contribution in [0.15, 0.2) is 42.5 Å². The quantitative estimate of drug-likeness (QED) is 0.800. The Kier molecular flexibility index (Phi) is 6.00. The van der Waals surface area contributed by atoms with Crippen LogP contribution in [0.1, 0.15) is 5.56 Å². The van der Waals surface area contributed by atoms with Gasteiger partial charge in [0.2, 0.25) is 5.91 Å². The largest absolute Gasteiger partial charge is 0.508 e. The minimum atomic E-state index is -4.61. The molecule has 0 spiro atoms. The maximum atomic E-state index is 13.1. The molecule has 0 aliphatic carbocycles. The predicted octanol–water partition coefficient (Wildman–Crippen LogP) is 3.83. The smallest absolute Gasteiger partial charge is 0.418 e. The van der Waals surface area contributed by atoms with E-state index in [1.807, 2.05) is 17.0 Å². The third-order valence-electron chi connectivity index (χ3n) is 4.52. The molecule has 0 unspecified atom stereocenters. The first kappa shape index (κ1) is 20.3. The molecular formula is C19H19ClF3N3O2. The standard InChI is InChI=1S/C19H19ClF3N3O2/c20-13-1-6-17(16(11-13)19(21,22)23)24-18(28)12-25-7-9-26(10-8-25)14-2-4-15(27)5-3-14/h1-6,11,27H,7-10,12H2,(H,24,28). The van der Waals surface area contributed by atoms with Gasteiger partial charge in [0.05, 0.1) is 17.8 Å². The molecule has 3 rings (SSSR count). The average molecular weight is 414 g/mol. The number of aromatic hydroxyl groups is 1. The van der Waals surface area contributed by atoms with Gasteiger partial charge in [-0.25, -0.2) is 0 Å². The number of hydrogen-bond acceptors (Lipinski definition) is 4. The highest BCUT2D eigenvalue weighted by Gasteiger charge is 2.34. The maximum absolute atomic E-state index is 13.1. The van der Waals surface area contributed by atoms with Gasteiger partial charge < -0.3 is 15.3 Å². The first-order valence-electron chi connectivity index (χ1n) is 8.65. The summed E-state index contributed by atoms with van der Waals surface area (Å²) >= 11 is 5.65. The Bertz CT molecular complexity index is 835. The second-order valence-corrected chi connectivity index (χ2v) is 6.95. The summed E-state index contributed by atoms with van der Waals surface area (Å²) in [6.45, 7) is 2.55. The Morgan fingerprint density at radius 1 is 1.07 bits per heavy atom. The van der Waals surface area contributed by atoms with Crippen LogP contribution < -0.4 is 10.2 Å². The number of anilines is 2. The van der Waals surface area contributed by atoms with Crippen LogP contribution in [0.3, 0.4) is 0 Å². The molecule has 5 nitrogen and oxygen atoms in total. The molecule has 1 heterocycles. The van der Waals surface area contributed by atoms with Gasteiger partial charge in [-0.05, 0) is 42.5 Å². The zero-order valence-electron chi connectivity index (χ0n) is 14.8. The van der Waals surface area contributed by atoms with Gasteiger partial charge in [0.1, 0.15) is 5.75 Å². The number of halogens is 4. The zero-order chi connectivity index (χ0) is 20.3. The lowest BCUT2D eigenvalue weighted by Gasteiger charge is -2.35. The summed E-state index contributed by atoms with van der Waals surface area (Å²) in [6.07, 6.45) is -4.61. The fourth-order valence-corrected chi connectivity index (χ4v) is 3.25. The molecule has 0 atom stereocenters. The highest BCUT2D eigenvalue weighted by Crippen LogP contribution is 2.36. The van der Waals surface area contributed by atoms with Gasteiger partial charge in [0.15, 0.2) is 0 Å². The molecule has 1 amide bonds. The van der Waals surface area contributed by atoms with Gasteiger partial charge in [-0.2, -0.15) is 13.2 Å². The Hall–Kier alpha value is -2.45. The van der Waals surface area contributed by atoms with Crippen LogP contribution in [0.4, 0.5) is 24.5 Å². The lowest BCUT2D eigenvalue weighted by molar-refractivity contribution is -0.137. The topological polar surface area (TPSA) is 55.8 Å². The molecule has 1 aliphatic heterocycles. The molecule has 1 aliphatic rings. The summed E-state index contributed by atoms with van der Waals surface area (Å²) in [6, 6.07) is 10.1. The minimum absolute atomic E-state index is 0.00331. The molecule has 150 valence electrons. The Labute approximate surface area is 165 Å². The van der Waals surface area contributed by atoms with E-state index < -0.39 is 17.6 Å². The van der Waals surface area contributed by atoms with Crippen LogP contribution in [0, 0.1) is 0 Å². The van der Waals surface area contributed by atoms with Crippen molar-refractivity contribution in [2.45, 2.75) is 6.18 Å². The molecule has 28 heavy (non-hydrogen) atoms. The fourth-order valence-electron chi connectivity index (χ4n) is 3.08. The first-order valence-corrected chi connectivity index (χ1v) is 9.03. The molecule has 0 aromatic heterocycles. The number of carbonyl (C=O) groups excluding carboxylic acids is 1. The van der Waals surface area contributed by atoms with Gasteiger partial charge >= 0.3 is 6.18 Å². The maximum Gasteiger partial charge on any atom is 0.418 e. The van der Waals surface area contributed by atoms with E-state index in [4.69, 9.17) is 11.6 Å². The van der Waals surface area contributed by atoms with Crippen LogP contribution in [0.2, 0.25) is 5.02 Å². The number of amides is 1. The SMILES string of the molecule is O=C(CN1CCN(c2ccc(O)cc2)CC1)Nc1ccc(Cl)cc1C(F)(F)F. The van der Waals surface area contributed by atoms with Gasteiger partial charge in [-0.3, -0.25) is 9.69 Å². The van der Waals surface area contributed by atoms with Crippen LogP contribution in [0.5, 0.6) is 5.75 Å². The summed E-state index contributed by atoms with van der Waals surface area (Å²) in [5.74, 6) is -0.314. The molecule has 9 heteroatoms. The number of nitrogens with zero attached hydrogens (tertiary/aromatic N) is 2. The van der Waals surface area contributed by atoms with Gasteiger partial charge in [0, 0.05) is 36.9 Å². The number of rotatable bonds is 4. The summed E-state index contributed by atoms with van der Waals surface area (Å²) < 4.78 is 39.4. The molecule has 0 saturated carbocycles. The number of carbonyl (C=O) groups is 1. The van der Waals surface area contributed by atoms with Crippen LogP contribution in [0.25, 0.3) is 0 Å². The van der Waals surface area contributed by atoms with E-state index in [-0.39, 0.29) is 23.0 Å². The molecule has 2 aromatic carbocycles. The lowest BCUT2D eigenvalue weighted by atomic mass is 10.1. The van der Waals surface area contributed by atoms with Crippen molar-refractivity contribution >= 4 is 28.9 Å².